The van der Waals surface area contributed by atoms with Crippen molar-refractivity contribution in [1.82, 2.24) is 5.32 Å². The zero-order valence-corrected chi connectivity index (χ0v) is 19.1. The van der Waals surface area contributed by atoms with Crippen LogP contribution in [0.3, 0.4) is 0 Å². The maximum Gasteiger partial charge on any atom is 0.264 e. The zero-order valence-electron chi connectivity index (χ0n) is 17.5. The van der Waals surface area contributed by atoms with E-state index in [4.69, 9.17) is 16.3 Å². The third-order valence-corrected chi connectivity index (χ3v) is 7.59. The van der Waals surface area contributed by atoms with Crippen LogP contribution >= 0.6 is 11.6 Å². The Bertz CT molecular complexity index is 1230. The van der Waals surface area contributed by atoms with Crippen LogP contribution in [0.5, 0.6) is 5.75 Å². The van der Waals surface area contributed by atoms with Crippen LogP contribution in [0.15, 0.2) is 77.7 Å². The number of hydrogen-bond donors (Lipinski definition) is 1. The van der Waals surface area contributed by atoms with Gasteiger partial charge in [0.1, 0.15) is 5.75 Å². The van der Waals surface area contributed by atoms with Gasteiger partial charge < -0.3 is 10.1 Å². The van der Waals surface area contributed by atoms with Crippen molar-refractivity contribution >= 4 is 33.2 Å². The molecule has 0 aliphatic carbocycles. The van der Waals surface area contributed by atoms with E-state index < -0.39 is 15.9 Å². The number of anilines is 1. The van der Waals surface area contributed by atoms with Crippen LogP contribution in [0.2, 0.25) is 5.02 Å². The second-order valence-electron chi connectivity index (χ2n) is 7.35. The minimum atomic E-state index is -3.88. The lowest BCUT2D eigenvalue weighted by Gasteiger charge is -2.27. The molecule has 0 fully saturated rings. The molecule has 3 aromatic carbocycles. The van der Waals surface area contributed by atoms with E-state index in [-0.39, 0.29) is 28.1 Å². The second-order valence-corrected chi connectivity index (χ2v) is 9.62. The fourth-order valence-electron chi connectivity index (χ4n) is 3.78. The number of halogens is 1. The van der Waals surface area contributed by atoms with Gasteiger partial charge in [-0.1, -0.05) is 48.0 Å². The average Bonchev–Trinajstić information content (AvgIpc) is 2.80. The second kappa shape index (κ2) is 9.22. The van der Waals surface area contributed by atoms with Gasteiger partial charge in [0.25, 0.3) is 15.9 Å². The van der Waals surface area contributed by atoms with Crippen molar-refractivity contribution < 1.29 is 17.9 Å². The molecular weight excluding hydrogens is 448 g/mol. The predicted molar refractivity (Wildman–Crippen MR) is 125 cm³/mol. The van der Waals surface area contributed by atoms with Crippen molar-refractivity contribution in [3.8, 4) is 5.75 Å². The number of carbonyl (C=O) groups is 1. The van der Waals surface area contributed by atoms with Gasteiger partial charge in [0.05, 0.1) is 33.8 Å². The highest BCUT2D eigenvalue weighted by Gasteiger charge is 2.27. The molecule has 1 unspecified atom stereocenters. The Morgan fingerprint density at radius 2 is 1.81 bits per heavy atom. The molecule has 1 amide bonds. The highest BCUT2D eigenvalue weighted by Crippen LogP contribution is 2.32. The van der Waals surface area contributed by atoms with Crippen LogP contribution in [0, 0.1) is 0 Å². The lowest BCUT2D eigenvalue weighted by molar-refractivity contribution is 0.0924. The van der Waals surface area contributed by atoms with E-state index in [1.807, 2.05) is 30.3 Å². The molecule has 0 spiro atoms. The van der Waals surface area contributed by atoms with Gasteiger partial charge in [-0.2, -0.15) is 0 Å². The van der Waals surface area contributed by atoms with Gasteiger partial charge in [-0.05, 0) is 43.3 Å². The number of rotatable bonds is 6. The van der Waals surface area contributed by atoms with Crippen molar-refractivity contribution in [2.24, 2.45) is 0 Å². The summed E-state index contributed by atoms with van der Waals surface area (Å²) in [7, 11) is -3.88. The fraction of sp³-hybridized carbons (Fsp3) is 0.208. The van der Waals surface area contributed by atoms with E-state index in [2.05, 4.69) is 5.32 Å². The molecule has 3 aromatic rings. The van der Waals surface area contributed by atoms with E-state index >= 15 is 0 Å². The first kappa shape index (κ1) is 22.2. The highest BCUT2D eigenvalue weighted by molar-refractivity contribution is 7.92. The molecule has 1 heterocycles. The molecule has 4 rings (SSSR count). The van der Waals surface area contributed by atoms with Gasteiger partial charge in [0.2, 0.25) is 0 Å². The lowest BCUT2D eigenvalue weighted by atomic mass is 10.00. The van der Waals surface area contributed by atoms with Gasteiger partial charge in [-0.25, -0.2) is 8.42 Å². The zero-order chi connectivity index (χ0) is 22.7. The third-order valence-electron chi connectivity index (χ3n) is 5.37. The molecule has 0 saturated carbocycles. The number of nitrogens with one attached hydrogen (secondary N) is 1. The molecule has 6 nitrogen and oxygen atoms in total. The van der Waals surface area contributed by atoms with E-state index in [0.717, 1.165) is 11.3 Å². The maximum absolute atomic E-state index is 13.3. The molecule has 1 aliphatic heterocycles. The number of hydrogen-bond acceptors (Lipinski definition) is 4. The molecule has 0 saturated heterocycles. The van der Waals surface area contributed by atoms with Gasteiger partial charge >= 0.3 is 0 Å². The van der Waals surface area contributed by atoms with Crippen LogP contribution < -0.4 is 14.4 Å². The Morgan fingerprint density at radius 3 is 2.56 bits per heavy atom. The van der Waals surface area contributed by atoms with E-state index in [9.17, 15) is 13.2 Å². The standard InChI is InChI=1S/C24H23ClN2O4S/c1-2-27(17-8-4-3-5-9-17)32(29,30)18-12-13-21(25)20(16-18)24(28)26-22-14-15-31-23-11-7-6-10-19(22)23/h3-13,16,22H,2,14-15H2,1H3,(H,26,28). The van der Waals surface area contributed by atoms with E-state index in [1.165, 1.54) is 22.5 Å². The average molecular weight is 471 g/mol. The molecule has 32 heavy (non-hydrogen) atoms. The summed E-state index contributed by atoms with van der Waals surface area (Å²) in [5.41, 5.74) is 1.55. The van der Waals surface area contributed by atoms with E-state index in [1.54, 1.807) is 31.2 Å². The van der Waals surface area contributed by atoms with Crippen LogP contribution in [0.1, 0.15) is 35.3 Å². The molecule has 0 aromatic heterocycles. The first-order chi connectivity index (χ1) is 15.4. The number of para-hydroxylation sites is 2. The van der Waals surface area contributed by atoms with Crippen molar-refractivity contribution in [1.29, 1.82) is 0 Å². The first-order valence-electron chi connectivity index (χ1n) is 10.3. The summed E-state index contributed by atoms with van der Waals surface area (Å²) in [5.74, 6) is 0.296. The molecule has 1 N–H and O–H groups in total. The minimum absolute atomic E-state index is 0.00475. The number of benzene rings is 3. The SMILES string of the molecule is CCN(c1ccccc1)S(=O)(=O)c1ccc(Cl)c(C(=O)NC2CCOc3ccccc32)c1. The lowest BCUT2D eigenvalue weighted by Crippen LogP contribution is -2.33. The molecule has 0 bridgehead atoms. The number of sulfonamides is 1. The summed E-state index contributed by atoms with van der Waals surface area (Å²) in [6.07, 6.45) is 0.607. The Balaban J connectivity index is 1.64. The van der Waals surface area contributed by atoms with Crippen molar-refractivity contribution in [2.45, 2.75) is 24.3 Å². The van der Waals surface area contributed by atoms with Crippen LogP contribution in [0.4, 0.5) is 5.69 Å². The first-order valence-corrected chi connectivity index (χ1v) is 12.1. The highest BCUT2D eigenvalue weighted by atomic mass is 35.5. The van der Waals surface area contributed by atoms with Crippen LogP contribution in [-0.2, 0) is 10.0 Å². The molecule has 0 radical (unpaired) electrons. The summed E-state index contributed by atoms with van der Waals surface area (Å²) >= 11 is 6.30. The number of carbonyl (C=O) groups excluding carboxylic acids is 1. The number of ether oxygens (including phenoxy) is 1. The smallest absolute Gasteiger partial charge is 0.264 e. The molecule has 166 valence electrons. The quantitative estimate of drug-likeness (QED) is 0.561. The van der Waals surface area contributed by atoms with E-state index in [0.29, 0.717) is 18.7 Å². The van der Waals surface area contributed by atoms with Crippen LogP contribution in [0.25, 0.3) is 0 Å². The van der Waals surface area contributed by atoms with Crippen molar-refractivity contribution in [3.05, 3.63) is 88.9 Å². The van der Waals surface area contributed by atoms with Gasteiger partial charge in [0, 0.05) is 18.5 Å². The van der Waals surface area contributed by atoms with Gasteiger partial charge in [-0.3, -0.25) is 9.10 Å². The third kappa shape index (κ3) is 4.31. The Labute approximate surface area is 192 Å². The fourth-order valence-corrected chi connectivity index (χ4v) is 5.48. The summed E-state index contributed by atoms with van der Waals surface area (Å²) in [5, 5.41) is 3.16. The minimum Gasteiger partial charge on any atom is -0.493 e. The Hall–Kier alpha value is -3.03. The van der Waals surface area contributed by atoms with Crippen molar-refractivity contribution in [3.63, 3.8) is 0 Å². The largest absolute Gasteiger partial charge is 0.493 e. The molecular formula is C24H23ClN2O4S. The predicted octanol–water partition coefficient (Wildman–Crippen LogP) is 4.81. The number of nitrogens with zero attached hydrogens (tertiary/aromatic N) is 1. The molecule has 1 atom stereocenters. The number of fused-ring (bicyclic) bond motifs is 1. The summed E-state index contributed by atoms with van der Waals surface area (Å²) in [6, 6.07) is 20.3. The molecule has 8 heteroatoms. The normalized spacial score (nSPS) is 15.4. The maximum atomic E-state index is 13.3. The Morgan fingerprint density at radius 1 is 1.09 bits per heavy atom. The molecule has 1 aliphatic rings. The van der Waals surface area contributed by atoms with Crippen molar-refractivity contribution in [2.75, 3.05) is 17.5 Å². The topological polar surface area (TPSA) is 75.7 Å². The summed E-state index contributed by atoms with van der Waals surface area (Å²) in [4.78, 5) is 13.1. The Kier molecular flexibility index (Phi) is 6.39. The monoisotopic (exact) mass is 470 g/mol. The van der Waals surface area contributed by atoms with Gasteiger partial charge in [-0.15, -0.1) is 0 Å². The van der Waals surface area contributed by atoms with Gasteiger partial charge in [0.15, 0.2) is 0 Å². The number of amides is 1. The summed E-state index contributed by atoms with van der Waals surface area (Å²) in [6.45, 7) is 2.48. The summed E-state index contributed by atoms with van der Waals surface area (Å²) < 4.78 is 33.6. The van der Waals surface area contributed by atoms with Crippen LogP contribution in [-0.4, -0.2) is 27.5 Å².